The number of hydrogen-bond acceptors (Lipinski definition) is 3. The molecule has 1 unspecified atom stereocenters. The van der Waals surface area contributed by atoms with E-state index < -0.39 is 0 Å². The van der Waals surface area contributed by atoms with Gasteiger partial charge in [-0.05, 0) is 86.5 Å². The average molecular weight is 439 g/mol. The van der Waals surface area contributed by atoms with Crippen molar-refractivity contribution in [2.75, 3.05) is 10.6 Å². The Morgan fingerprint density at radius 1 is 0.867 bits per heavy atom. The zero-order valence-electron chi connectivity index (χ0n) is 17.0. The molecule has 0 bridgehead atoms. The summed E-state index contributed by atoms with van der Waals surface area (Å²) in [5.41, 5.74) is 4.31. The Morgan fingerprint density at radius 2 is 1.57 bits per heavy atom. The summed E-state index contributed by atoms with van der Waals surface area (Å²) in [4.78, 5) is 25.8. The van der Waals surface area contributed by atoms with Crippen LogP contribution in [0.15, 0.2) is 71.6 Å². The van der Waals surface area contributed by atoms with E-state index in [1.165, 1.54) is 17.3 Å². The Bertz CT molecular complexity index is 1070. The van der Waals surface area contributed by atoms with E-state index >= 15 is 0 Å². The maximum Gasteiger partial charge on any atom is 0.255 e. The van der Waals surface area contributed by atoms with Crippen LogP contribution >= 0.6 is 23.4 Å². The molecule has 3 rings (SSSR count). The highest BCUT2D eigenvalue weighted by Crippen LogP contribution is 2.26. The van der Waals surface area contributed by atoms with Crippen molar-refractivity contribution in [3.8, 4) is 0 Å². The van der Waals surface area contributed by atoms with Gasteiger partial charge in [-0.15, -0.1) is 11.8 Å². The topological polar surface area (TPSA) is 58.2 Å². The van der Waals surface area contributed by atoms with Crippen molar-refractivity contribution in [1.29, 1.82) is 0 Å². The zero-order valence-corrected chi connectivity index (χ0v) is 18.6. The highest BCUT2D eigenvalue weighted by atomic mass is 35.5. The molecule has 3 aromatic rings. The van der Waals surface area contributed by atoms with Crippen LogP contribution in [-0.2, 0) is 4.79 Å². The van der Waals surface area contributed by atoms with Crippen molar-refractivity contribution in [3.05, 3.63) is 88.4 Å². The number of benzene rings is 3. The third kappa shape index (κ3) is 5.88. The number of anilines is 2. The molecule has 0 fully saturated rings. The minimum atomic E-state index is -0.265. The third-order valence-electron chi connectivity index (χ3n) is 4.66. The number of amides is 2. The summed E-state index contributed by atoms with van der Waals surface area (Å²) in [6.07, 6.45) is 0. The second-order valence-electron chi connectivity index (χ2n) is 7.04. The molecular weight excluding hydrogens is 416 g/mol. The van der Waals surface area contributed by atoms with E-state index in [2.05, 4.69) is 10.6 Å². The fourth-order valence-electron chi connectivity index (χ4n) is 2.77. The second kappa shape index (κ2) is 9.83. The summed E-state index contributed by atoms with van der Waals surface area (Å²) >= 11 is 7.40. The predicted octanol–water partition coefficient (Wildman–Crippen LogP) is 6.33. The smallest absolute Gasteiger partial charge is 0.255 e. The highest BCUT2D eigenvalue weighted by molar-refractivity contribution is 8.00. The van der Waals surface area contributed by atoms with Gasteiger partial charge >= 0.3 is 0 Å². The largest absolute Gasteiger partial charge is 0.325 e. The molecule has 0 saturated heterocycles. The number of halogens is 1. The van der Waals surface area contributed by atoms with Gasteiger partial charge in [0.1, 0.15) is 0 Å². The summed E-state index contributed by atoms with van der Waals surface area (Å²) in [5, 5.41) is 6.06. The molecule has 0 spiro atoms. The van der Waals surface area contributed by atoms with Crippen LogP contribution in [0.25, 0.3) is 0 Å². The molecule has 0 aliphatic heterocycles. The molecule has 30 heavy (non-hydrogen) atoms. The summed E-state index contributed by atoms with van der Waals surface area (Å²) in [5.74, 6) is -0.277. The normalized spacial score (nSPS) is 11.6. The Labute approximate surface area is 186 Å². The number of rotatable bonds is 6. The number of hydrogen-bond donors (Lipinski definition) is 2. The quantitative estimate of drug-likeness (QED) is 0.442. The first-order valence-corrected chi connectivity index (χ1v) is 10.8. The maximum absolute atomic E-state index is 12.5. The van der Waals surface area contributed by atoms with Gasteiger partial charge in [-0.2, -0.15) is 0 Å². The minimum absolute atomic E-state index is 0.0541. The van der Waals surface area contributed by atoms with Gasteiger partial charge in [-0.25, -0.2) is 0 Å². The third-order valence-corrected chi connectivity index (χ3v) is 6.00. The number of thioether (sulfide) groups is 1. The summed E-state index contributed by atoms with van der Waals surface area (Å²) < 4.78 is 0. The Kier molecular flexibility index (Phi) is 7.19. The van der Waals surface area contributed by atoms with Crippen molar-refractivity contribution in [3.63, 3.8) is 0 Å². The first-order chi connectivity index (χ1) is 14.3. The fraction of sp³-hybridized carbons (Fsp3) is 0.167. The van der Waals surface area contributed by atoms with Crippen molar-refractivity contribution < 1.29 is 9.59 Å². The van der Waals surface area contributed by atoms with Crippen LogP contribution in [0, 0.1) is 13.8 Å². The second-order valence-corrected chi connectivity index (χ2v) is 8.89. The van der Waals surface area contributed by atoms with E-state index in [1.54, 1.807) is 24.3 Å². The molecule has 0 aromatic heterocycles. The molecule has 1 atom stereocenters. The lowest BCUT2D eigenvalue weighted by Crippen LogP contribution is -2.22. The predicted molar refractivity (Wildman–Crippen MR) is 126 cm³/mol. The van der Waals surface area contributed by atoms with Crippen molar-refractivity contribution in [2.45, 2.75) is 30.9 Å². The van der Waals surface area contributed by atoms with Gasteiger partial charge in [-0.1, -0.05) is 23.7 Å². The molecule has 6 heteroatoms. The monoisotopic (exact) mass is 438 g/mol. The van der Waals surface area contributed by atoms with Gasteiger partial charge in [-0.3, -0.25) is 9.59 Å². The number of nitrogens with one attached hydrogen (secondary N) is 2. The molecule has 0 heterocycles. The summed E-state index contributed by atoms with van der Waals surface area (Å²) in [7, 11) is 0. The molecular formula is C24H23ClN2O2S. The summed E-state index contributed by atoms with van der Waals surface area (Å²) in [6, 6.07) is 20.1. The van der Waals surface area contributed by atoms with Crippen LogP contribution in [0.1, 0.15) is 28.4 Å². The molecule has 0 radical (unpaired) electrons. The molecule has 2 amide bonds. The van der Waals surface area contributed by atoms with Gasteiger partial charge in [0.2, 0.25) is 5.91 Å². The SMILES string of the molecule is Cc1ccc(NC(=O)C(C)Sc2ccc(NC(=O)c3cccc(Cl)c3)cc2)cc1C. The summed E-state index contributed by atoms with van der Waals surface area (Å²) in [6.45, 7) is 5.94. The van der Waals surface area contributed by atoms with Gasteiger partial charge in [0.05, 0.1) is 5.25 Å². The average Bonchev–Trinajstić information content (AvgIpc) is 2.72. The minimum Gasteiger partial charge on any atom is -0.325 e. The fourth-order valence-corrected chi connectivity index (χ4v) is 3.83. The highest BCUT2D eigenvalue weighted by Gasteiger charge is 2.15. The molecule has 154 valence electrons. The molecule has 2 N–H and O–H groups in total. The van der Waals surface area contributed by atoms with E-state index in [0.717, 1.165) is 16.1 Å². The number of carbonyl (C=O) groups is 2. The standard InChI is InChI=1S/C24H23ClN2O2S/c1-15-7-8-21(13-16(15)2)27-23(28)17(3)30-22-11-9-20(10-12-22)26-24(29)18-5-4-6-19(25)14-18/h4-14,17H,1-3H3,(H,26,29)(H,27,28). The van der Waals surface area contributed by atoms with Crippen LogP contribution in [0.3, 0.4) is 0 Å². The van der Waals surface area contributed by atoms with E-state index in [0.29, 0.717) is 16.3 Å². The van der Waals surface area contributed by atoms with Crippen molar-refractivity contribution in [1.82, 2.24) is 0 Å². The maximum atomic E-state index is 12.5. The molecule has 0 aliphatic rings. The molecule has 4 nitrogen and oxygen atoms in total. The van der Waals surface area contributed by atoms with E-state index in [9.17, 15) is 9.59 Å². The van der Waals surface area contributed by atoms with Gasteiger partial charge in [0.15, 0.2) is 0 Å². The first kappa shape index (κ1) is 21.9. The van der Waals surface area contributed by atoms with E-state index in [4.69, 9.17) is 11.6 Å². The van der Waals surface area contributed by atoms with Crippen LogP contribution in [0.2, 0.25) is 5.02 Å². The molecule has 3 aromatic carbocycles. The Hall–Kier alpha value is -2.76. The molecule has 0 saturated carbocycles. The number of aryl methyl sites for hydroxylation is 2. The van der Waals surface area contributed by atoms with Gasteiger partial charge < -0.3 is 10.6 Å². The van der Waals surface area contributed by atoms with Crippen LogP contribution in [0.4, 0.5) is 11.4 Å². The van der Waals surface area contributed by atoms with Crippen LogP contribution in [-0.4, -0.2) is 17.1 Å². The van der Waals surface area contributed by atoms with Crippen molar-refractivity contribution in [2.24, 2.45) is 0 Å². The zero-order chi connectivity index (χ0) is 21.7. The Morgan fingerprint density at radius 3 is 2.23 bits per heavy atom. The van der Waals surface area contributed by atoms with Crippen molar-refractivity contribution >= 4 is 46.6 Å². The van der Waals surface area contributed by atoms with Crippen LogP contribution in [0.5, 0.6) is 0 Å². The van der Waals surface area contributed by atoms with Crippen LogP contribution < -0.4 is 10.6 Å². The molecule has 0 aliphatic carbocycles. The Balaban J connectivity index is 1.57. The number of carbonyl (C=O) groups excluding carboxylic acids is 2. The lowest BCUT2D eigenvalue weighted by molar-refractivity contribution is -0.115. The van der Waals surface area contributed by atoms with Gasteiger partial charge in [0, 0.05) is 26.9 Å². The lowest BCUT2D eigenvalue weighted by Gasteiger charge is -2.13. The van der Waals surface area contributed by atoms with E-state index in [1.807, 2.05) is 63.2 Å². The van der Waals surface area contributed by atoms with Gasteiger partial charge in [0.25, 0.3) is 5.91 Å². The van der Waals surface area contributed by atoms with E-state index in [-0.39, 0.29) is 17.1 Å². The lowest BCUT2D eigenvalue weighted by atomic mass is 10.1. The first-order valence-electron chi connectivity index (χ1n) is 9.53.